The minimum Gasteiger partial charge on any atom is -0.494 e. The predicted octanol–water partition coefficient (Wildman–Crippen LogP) is 1.57. The number of rotatable bonds is 8. The average molecular weight is 301 g/mol. The molecule has 0 aromatic heterocycles. The molecule has 20 heavy (non-hydrogen) atoms. The smallest absolute Gasteiger partial charge is 0.318 e. The lowest BCUT2D eigenvalue weighted by Crippen LogP contribution is -2.36. The molecule has 6 nitrogen and oxygen atoms in total. The Hall–Kier alpha value is -1.60. The van der Waals surface area contributed by atoms with E-state index in [1.54, 1.807) is 19.1 Å². The maximum atomic E-state index is 12.3. The summed E-state index contributed by atoms with van der Waals surface area (Å²) in [6.45, 7) is 3.75. The lowest BCUT2D eigenvalue weighted by atomic mass is 10.3. The van der Waals surface area contributed by atoms with Gasteiger partial charge in [-0.3, -0.25) is 4.79 Å². The van der Waals surface area contributed by atoms with Gasteiger partial charge in [0.1, 0.15) is 12.3 Å². The molecule has 0 saturated heterocycles. The van der Waals surface area contributed by atoms with Gasteiger partial charge in [0.05, 0.1) is 11.5 Å². The molecule has 112 valence electrons. The Labute approximate surface area is 119 Å². The second-order valence-corrected chi connectivity index (χ2v) is 6.07. The van der Waals surface area contributed by atoms with Gasteiger partial charge in [0.25, 0.3) is 0 Å². The lowest BCUT2D eigenvalue weighted by molar-refractivity contribution is -0.137. The first-order chi connectivity index (χ1) is 9.41. The first-order valence-electron chi connectivity index (χ1n) is 6.36. The van der Waals surface area contributed by atoms with Crippen molar-refractivity contribution < 1.29 is 23.1 Å². The SMILES string of the molecule is CCCN(CC(=O)O)S(=O)(=O)c1ccc(OCC)cc1. The molecule has 0 unspecified atom stereocenters. The maximum absolute atomic E-state index is 12.3. The second-order valence-electron chi connectivity index (χ2n) is 4.14. The number of sulfonamides is 1. The number of hydrogen-bond donors (Lipinski definition) is 1. The van der Waals surface area contributed by atoms with E-state index in [1.807, 2.05) is 6.92 Å². The van der Waals surface area contributed by atoms with Gasteiger partial charge < -0.3 is 9.84 Å². The van der Waals surface area contributed by atoms with Crippen molar-refractivity contribution in [1.82, 2.24) is 4.31 Å². The molecule has 0 aliphatic heterocycles. The van der Waals surface area contributed by atoms with Crippen LogP contribution in [0, 0.1) is 0 Å². The Morgan fingerprint density at radius 3 is 2.30 bits per heavy atom. The van der Waals surface area contributed by atoms with Gasteiger partial charge in [-0.25, -0.2) is 8.42 Å². The van der Waals surface area contributed by atoms with Crippen LogP contribution >= 0.6 is 0 Å². The van der Waals surface area contributed by atoms with E-state index >= 15 is 0 Å². The van der Waals surface area contributed by atoms with Gasteiger partial charge in [-0.15, -0.1) is 0 Å². The van der Waals surface area contributed by atoms with E-state index in [0.29, 0.717) is 18.8 Å². The van der Waals surface area contributed by atoms with Crippen LogP contribution in [0.25, 0.3) is 0 Å². The zero-order valence-corrected chi connectivity index (χ0v) is 12.4. The molecule has 0 atom stereocenters. The highest BCUT2D eigenvalue weighted by molar-refractivity contribution is 7.89. The molecule has 0 radical (unpaired) electrons. The van der Waals surface area contributed by atoms with E-state index in [0.717, 1.165) is 4.31 Å². The van der Waals surface area contributed by atoms with Gasteiger partial charge in [0.2, 0.25) is 10.0 Å². The van der Waals surface area contributed by atoms with Crippen LogP contribution in [0.4, 0.5) is 0 Å². The number of carbonyl (C=O) groups is 1. The summed E-state index contributed by atoms with van der Waals surface area (Å²) in [6.07, 6.45) is 0.545. The molecule has 0 aliphatic carbocycles. The summed E-state index contributed by atoms with van der Waals surface area (Å²) in [7, 11) is -3.79. The molecule has 1 N–H and O–H groups in total. The number of benzene rings is 1. The van der Waals surface area contributed by atoms with Crippen molar-refractivity contribution in [3.8, 4) is 5.75 Å². The van der Waals surface area contributed by atoms with Gasteiger partial charge in [0, 0.05) is 6.54 Å². The Bertz CT molecular complexity index is 538. The Balaban J connectivity index is 3.02. The van der Waals surface area contributed by atoms with E-state index < -0.39 is 22.5 Å². The highest BCUT2D eigenvalue weighted by Gasteiger charge is 2.25. The average Bonchev–Trinajstić information content (AvgIpc) is 2.39. The number of carboxylic acid groups (broad SMARTS) is 1. The topological polar surface area (TPSA) is 83.9 Å². The highest BCUT2D eigenvalue weighted by atomic mass is 32.2. The molecule has 1 aromatic rings. The van der Waals surface area contributed by atoms with E-state index in [9.17, 15) is 13.2 Å². The van der Waals surface area contributed by atoms with Crippen LogP contribution in [0.3, 0.4) is 0 Å². The van der Waals surface area contributed by atoms with Gasteiger partial charge in [-0.05, 0) is 37.6 Å². The van der Waals surface area contributed by atoms with Gasteiger partial charge in [-0.2, -0.15) is 4.31 Å². The highest BCUT2D eigenvalue weighted by Crippen LogP contribution is 2.19. The van der Waals surface area contributed by atoms with Gasteiger partial charge in [0.15, 0.2) is 0 Å². The quantitative estimate of drug-likeness (QED) is 0.788. The molecule has 0 spiro atoms. The summed E-state index contributed by atoms with van der Waals surface area (Å²) >= 11 is 0. The van der Waals surface area contributed by atoms with Gasteiger partial charge in [-0.1, -0.05) is 6.92 Å². The van der Waals surface area contributed by atoms with Crippen molar-refractivity contribution in [3.63, 3.8) is 0 Å². The summed E-state index contributed by atoms with van der Waals surface area (Å²) < 4.78 is 30.9. The van der Waals surface area contributed by atoms with Crippen LogP contribution in [0.15, 0.2) is 29.2 Å². The van der Waals surface area contributed by atoms with E-state index in [1.165, 1.54) is 12.1 Å². The number of hydrogen-bond acceptors (Lipinski definition) is 4. The summed E-state index contributed by atoms with van der Waals surface area (Å²) in [6, 6.07) is 5.96. The van der Waals surface area contributed by atoms with Crippen molar-refractivity contribution >= 4 is 16.0 Å². The second kappa shape index (κ2) is 7.25. The molecule has 0 aliphatic rings. The van der Waals surface area contributed by atoms with Crippen molar-refractivity contribution in [2.24, 2.45) is 0 Å². The van der Waals surface area contributed by atoms with Crippen LogP contribution < -0.4 is 4.74 Å². The minimum absolute atomic E-state index is 0.0654. The zero-order valence-electron chi connectivity index (χ0n) is 11.6. The fraction of sp³-hybridized carbons (Fsp3) is 0.462. The fourth-order valence-electron chi connectivity index (χ4n) is 1.71. The zero-order chi connectivity index (χ0) is 15.2. The van der Waals surface area contributed by atoms with E-state index in [-0.39, 0.29) is 11.4 Å². The number of nitrogens with zero attached hydrogens (tertiary/aromatic N) is 1. The minimum atomic E-state index is -3.79. The summed E-state index contributed by atoms with van der Waals surface area (Å²) in [5, 5.41) is 8.81. The van der Waals surface area contributed by atoms with Crippen molar-refractivity contribution in [2.75, 3.05) is 19.7 Å². The summed E-state index contributed by atoms with van der Waals surface area (Å²) in [4.78, 5) is 10.8. The lowest BCUT2D eigenvalue weighted by Gasteiger charge is -2.19. The van der Waals surface area contributed by atoms with E-state index in [2.05, 4.69) is 0 Å². The molecule has 0 amide bonds. The predicted molar refractivity (Wildman–Crippen MR) is 74.3 cm³/mol. The normalized spacial score (nSPS) is 11.6. The summed E-state index contributed by atoms with van der Waals surface area (Å²) in [5.74, 6) is -0.598. The van der Waals surface area contributed by atoms with Crippen LogP contribution in [0.2, 0.25) is 0 Å². The van der Waals surface area contributed by atoms with Crippen molar-refractivity contribution in [3.05, 3.63) is 24.3 Å². The fourth-order valence-corrected chi connectivity index (χ4v) is 3.19. The first kappa shape index (κ1) is 16.5. The molecule has 0 heterocycles. The molecule has 0 fully saturated rings. The number of carboxylic acids is 1. The van der Waals surface area contributed by atoms with Crippen molar-refractivity contribution in [1.29, 1.82) is 0 Å². The Kier molecular flexibility index (Phi) is 5.97. The Morgan fingerprint density at radius 2 is 1.85 bits per heavy atom. The van der Waals surface area contributed by atoms with Crippen LogP contribution in [-0.2, 0) is 14.8 Å². The molecule has 0 bridgehead atoms. The largest absolute Gasteiger partial charge is 0.494 e. The summed E-state index contributed by atoms with van der Waals surface area (Å²) in [5.41, 5.74) is 0. The standard InChI is InChI=1S/C13H19NO5S/c1-3-9-14(10-13(15)16)20(17,18)12-7-5-11(6-8-12)19-4-2/h5-8H,3-4,9-10H2,1-2H3,(H,15,16). The first-order valence-corrected chi connectivity index (χ1v) is 7.80. The molecular weight excluding hydrogens is 282 g/mol. The molecule has 1 aromatic carbocycles. The third kappa shape index (κ3) is 4.21. The van der Waals surface area contributed by atoms with Gasteiger partial charge >= 0.3 is 5.97 Å². The molecule has 1 rings (SSSR count). The van der Waals surface area contributed by atoms with Crippen LogP contribution in [0.1, 0.15) is 20.3 Å². The molecule has 0 saturated carbocycles. The van der Waals surface area contributed by atoms with Crippen LogP contribution in [-0.4, -0.2) is 43.5 Å². The van der Waals surface area contributed by atoms with Crippen LogP contribution in [0.5, 0.6) is 5.75 Å². The monoisotopic (exact) mass is 301 g/mol. The third-order valence-corrected chi connectivity index (χ3v) is 4.42. The van der Waals surface area contributed by atoms with E-state index in [4.69, 9.17) is 9.84 Å². The number of aliphatic carboxylic acids is 1. The van der Waals surface area contributed by atoms with Crippen molar-refractivity contribution in [2.45, 2.75) is 25.2 Å². The molecule has 7 heteroatoms. The third-order valence-electron chi connectivity index (χ3n) is 2.56. The maximum Gasteiger partial charge on any atom is 0.318 e. The Morgan fingerprint density at radius 1 is 1.25 bits per heavy atom. The molecular formula is C13H19NO5S. The number of ether oxygens (including phenoxy) is 1.